The third kappa shape index (κ3) is 3.68. The van der Waals surface area contributed by atoms with E-state index < -0.39 is 5.97 Å². The number of terminal acetylenes is 1. The van der Waals surface area contributed by atoms with Crippen LogP contribution in [0.25, 0.3) is 11.1 Å². The van der Waals surface area contributed by atoms with Gasteiger partial charge in [-0.05, 0) is 30.2 Å². The second-order valence-electron chi connectivity index (χ2n) is 7.08. The van der Waals surface area contributed by atoms with Gasteiger partial charge in [0.25, 0.3) is 0 Å². The van der Waals surface area contributed by atoms with Crippen molar-refractivity contribution in [1.29, 1.82) is 0 Å². The molecule has 0 fully saturated rings. The third-order valence-corrected chi connectivity index (χ3v) is 6.34. The summed E-state index contributed by atoms with van der Waals surface area (Å²) in [6, 6.07) is 15.0. The van der Waals surface area contributed by atoms with Gasteiger partial charge in [-0.15, -0.1) is 17.8 Å². The molecule has 1 atom stereocenters. The van der Waals surface area contributed by atoms with Crippen LogP contribution >= 0.6 is 11.3 Å². The van der Waals surface area contributed by atoms with E-state index in [-0.39, 0.29) is 29.7 Å². The number of carboxylic acids is 1. The molecule has 5 nitrogen and oxygen atoms in total. The van der Waals surface area contributed by atoms with Gasteiger partial charge in [0, 0.05) is 22.8 Å². The lowest BCUT2D eigenvalue weighted by molar-refractivity contribution is -0.116. The summed E-state index contributed by atoms with van der Waals surface area (Å²) in [5.41, 5.74) is 3.93. The van der Waals surface area contributed by atoms with E-state index in [0.29, 0.717) is 17.0 Å². The number of nitrogens with one attached hydrogen (secondary N) is 1. The van der Waals surface area contributed by atoms with Crippen LogP contribution in [0.1, 0.15) is 38.0 Å². The van der Waals surface area contributed by atoms with E-state index in [9.17, 15) is 14.7 Å². The fraction of sp³-hybridized carbons (Fsp3) is 0.167. The van der Waals surface area contributed by atoms with Gasteiger partial charge in [-0.3, -0.25) is 4.79 Å². The van der Waals surface area contributed by atoms with Crippen molar-refractivity contribution in [1.82, 2.24) is 0 Å². The van der Waals surface area contributed by atoms with E-state index in [4.69, 9.17) is 11.2 Å². The highest BCUT2D eigenvalue weighted by Crippen LogP contribution is 2.49. The summed E-state index contributed by atoms with van der Waals surface area (Å²) < 4.78 is 5.42. The maximum atomic E-state index is 12.5. The molecule has 2 N–H and O–H groups in total. The quantitative estimate of drug-likeness (QED) is 0.579. The number of carbonyl (C=O) groups is 2. The average molecular weight is 417 g/mol. The van der Waals surface area contributed by atoms with Gasteiger partial charge in [0.05, 0.1) is 5.69 Å². The van der Waals surface area contributed by atoms with Gasteiger partial charge >= 0.3 is 5.97 Å². The molecular weight excluding hydrogens is 398 g/mol. The first-order valence-electron chi connectivity index (χ1n) is 9.41. The standard InChI is InChI=1S/C24H19NO4S/c1-3-12-29-17-10-8-15(9-11-17)18-13-19(26)25-21-20(16-6-4-14(2)5-7-16)23(24(27)28)30-22(18)21/h1,4-11,18H,12-13H2,2H3,(H,25,26)(H,27,28). The molecule has 0 aliphatic carbocycles. The van der Waals surface area contributed by atoms with Gasteiger partial charge < -0.3 is 15.2 Å². The van der Waals surface area contributed by atoms with E-state index in [2.05, 4.69) is 11.2 Å². The number of aromatic carboxylic acids is 1. The van der Waals surface area contributed by atoms with Crippen molar-refractivity contribution in [2.75, 3.05) is 11.9 Å². The summed E-state index contributed by atoms with van der Waals surface area (Å²) in [5, 5.41) is 12.8. The fourth-order valence-corrected chi connectivity index (χ4v) is 4.87. The van der Waals surface area contributed by atoms with Crippen LogP contribution in [0.15, 0.2) is 48.5 Å². The van der Waals surface area contributed by atoms with Crippen molar-refractivity contribution in [3.8, 4) is 29.2 Å². The van der Waals surface area contributed by atoms with E-state index in [1.165, 1.54) is 11.3 Å². The Morgan fingerprint density at radius 2 is 1.93 bits per heavy atom. The summed E-state index contributed by atoms with van der Waals surface area (Å²) in [7, 11) is 0. The lowest BCUT2D eigenvalue weighted by Crippen LogP contribution is -2.22. The number of hydrogen-bond acceptors (Lipinski definition) is 4. The Morgan fingerprint density at radius 3 is 2.57 bits per heavy atom. The number of fused-ring (bicyclic) bond motifs is 1. The Morgan fingerprint density at radius 1 is 1.23 bits per heavy atom. The molecule has 0 spiro atoms. The largest absolute Gasteiger partial charge is 0.481 e. The van der Waals surface area contributed by atoms with Gasteiger partial charge in [-0.2, -0.15) is 0 Å². The third-order valence-electron chi connectivity index (χ3n) is 5.05. The maximum absolute atomic E-state index is 12.5. The van der Waals surface area contributed by atoms with E-state index in [1.54, 1.807) is 0 Å². The van der Waals surface area contributed by atoms with Crippen molar-refractivity contribution in [3.63, 3.8) is 0 Å². The number of carbonyl (C=O) groups excluding carboxylic acids is 1. The number of thiophene rings is 1. The zero-order valence-corrected chi connectivity index (χ0v) is 17.1. The molecule has 2 heterocycles. The topological polar surface area (TPSA) is 75.6 Å². The van der Waals surface area contributed by atoms with Crippen molar-refractivity contribution < 1.29 is 19.4 Å². The SMILES string of the molecule is C#CCOc1ccc(C2CC(=O)Nc3c2sc(C(=O)O)c3-c2ccc(C)cc2)cc1. The van der Waals surface area contributed by atoms with Gasteiger partial charge in [0.2, 0.25) is 5.91 Å². The highest BCUT2D eigenvalue weighted by molar-refractivity contribution is 7.15. The molecule has 4 rings (SSSR count). The lowest BCUT2D eigenvalue weighted by Gasteiger charge is -2.24. The van der Waals surface area contributed by atoms with Crippen molar-refractivity contribution >= 4 is 28.9 Å². The van der Waals surface area contributed by atoms with Crippen LogP contribution in [0.4, 0.5) is 5.69 Å². The lowest BCUT2D eigenvalue weighted by atomic mass is 9.88. The minimum Gasteiger partial charge on any atom is -0.481 e. The summed E-state index contributed by atoms with van der Waals surface area (Å²) in [6.45, 7) is 2.15. The van der Waals surface area contributed by atoms with Crippen LogP contribution in [0.5, 0.6) is 5.75 Å². The van der Waals surface area contributed by atoms with Gasteiger partial charge in [-0.1, -0.05) is 47.9 Å². The van der Waals surface area contributed by atoms with Gasteiger partial charge in [-0.25, -0.2) is 4.79 Å². The minimum absolute atomic E-state index is 0.136. The predicted octanol–water partition coefficient (Wildman–Crippen LogP) is 4.91. The molecule has 1 unspecified atom stereocenters. The summed E-state index contributed by atoms with van der Waals surface area (Å²) in [5.74, 6) is 1.71. The molecule has 0 saturated carbocycles. The van der Waals surface area contributed by atoms with Crippen molar-refractivity contribution in [2.45, 2.75) is 19.3 Å². The average Bonchev–Trinajstić information content (AvgIpc) is 3.12. The smallest absolute Gasteiger partial charge is 0.346 e. The number of benzene rings is 2. The number of rotatable bonds is 5. The number of ether oxygens (including phenoxy) is 1. The minimum atomic E-state index is -1.00. The first kappa shape index (κ1) is 19.7. The second kappa shape index (κ2) is 8.05. The maximum Gasteiger partial charge on any atom is 0.346 e. The Balaban J connectivity index is 1.81. The molecule has 0 bridgehead atoms. The molecule has 1 aliphatic rings. The highest BCUT2D eigenvalue weighted by Gasteiger charge is 2.34. The fourth-order valence-electron chi connectivity index (χ4n) is 3.62. The number of carboxylic acid groups (broad SMARTS) is 1. The first-order valence-corrected chi connectivity index (χ1v) is 10.2. The van der Waals surface area contributed by atoms with E-state index >= 15 is 0 Å². The van der Waals surface area contributed by atoms with Crippen LogP contribution in [-0.2, 0) is 4.79 Å². The molecule has 30 heavy (non-hydrogen) atoms. The van der Waals surface area contributed by atoms with Gasteiger partial charge in [0.15, 0.2) is 0 Å². The van der Waals surface area contributed by atoms with Crippen LogP contribution in [0.2, 0.25) is 0 Å². The number of hydrogen-bond donors (Lipinski definition) is 2. The highest BCUT2D eigenvalue weighted by atomic mass is 32.1. The van der Waals surface area contributed by atoms with Crippen molar-refractivity contribution in [3.05, 3.63) is 69.4 Å². The zero-order chi connectivity index (χ0) is 21.3. The summed E-state index contributed by atoms with van der Waals surface area (Å²) >= 11 is 1.22. The molecule has 1 aliphatic heterocycles. The summed E-state index contributed by atoms with van der Waals surface area (Å²) in [4.78, 5) is 25.6. The van der Waals surface area contributed by atoms with E-state index in [0.717, 1.165) is 21.6 Å². The normalized spacial score (nSPS) is 15.1. The van der Waals surface area contributed by atoms with Crippen LogP contribution in [0.3, 0.4) is 0 Å². The second-order valence-corrected chi connectivity index (χ2v) is 8.14. The molecule has 1 amide bonds. The molecule has 150 valence electrons. The first-order chi connectivity index (χ1) is 14.5. The van der Waals surface area contributed by atoms with Gasteiger partial charge in [0.1, 0.15) is 17.2 Å². The Hall–Kier alpha value is -3.56. The molecular formula is C24H19NO4S. The predicted molar refractivity (Wildman–Crippen MR) is 117 cm³/mol. The Kier molecular flexibility index (Phi) is 5.30. The molecule has 3 aromatic rings. The molecule has 1 aromatic heterocycles. The molecule has 0 saturated heterocycles. The van der Waals surface area contributed by atoms with Crippen molar-refractivity contribution in [2.24, 2.45) is 0 Å². The number of aryl methyl sites for hydroxylation is 1. The Bertz CT molecular complexity index is 1150. The monoisotopic (exact) mass is 417 g/mol. The number of anilines is 1. The van der Waals surface area contributed by atoms with Crippen LogP contribution in [-0.4, -0.2) is 23.6 Å². The number of amides is 1. The van der Waals surface area contributed by atoms with E-state index in [1.807, 2.05) is 55.5 Å². The van der Waals surface area contributed by atoms with Crippen LogP contribution < -0.4 is 10.1 Å². The molecule has 2 aromatic carbocycles. The van der Waals surface area contributed by atoms with Crippen LogP contribution in [0, 0.1) is 19.3 Å². The molecule has 0 radical (unpaired) electrons. The Labute approximate surface area is 178 Å². The zero-order valence-electron chi connectivity index (χ0n) is 16.3. The summed E-state index contributed by atoms with van der Waals surface area (Å²) in [6.07, 6.45) is 5.48. The molecule has 6 heteroatoms.